The summed E-state index contributed by atoms with van der Waals surface area (Å²) in [6.45, 7) is 1.47. The predicted octanol–water partition coefficient (Wildman–Crippen LogP) is 0.947. The quantitative estimate of drug-likeness (QED) is 0.345. The third-order valence-electron chi connectivity index (χ3n) is 0.578. The molecule has 0 rings (SSSR count). The normalized spacial score (nSPS) is 10.8. The number of halogens is 1. The van der Waals surface area contributed by atoms with Crippen molar-refractivity contribution in [2.75, 3.05) is 0 Å². The summed E-state index contributed by atoms with van der Waals surface area (Å²) in [6.07, 6.45) is 0.261. The van der Waals surface area contributed by atoms with E-state index in [2.05, 4.69) is 10.5 Å². The summed E-state index contributed by atoms with van der Waals surface area (Å²) in [5.41, 5.74) is 4.65. The number of rotatable bonds is 2. The number of allylic oxidation sites excluding steroid dienone is 2. The van der Waals surface area contributed by atoms with Crippen molar-refractivity contribution in [2.24, 2.45) is 5.73 Å². The van der Waals surface area contributed by atoms with Gasteiger partial charge in [-0.1, -0.05) is 0 Å². The van der Waals surface area contributed by atoms with E-state index >= 15 is 0 Å². The molecule has 0 aliphatic rings. The van der Waals surface area contributed by atoms with Gasteiger partial charge in [-0.25, -0.2) is 4.79 Å². The van der Waals surface area contributed by atoms with Crippen molar-refractivity contribution in [1.82, 2.24) is 0 Å². The Bertz CT molecular complexity index is 187. The first-order valence-corrected chi connectivity index (χ1v) is 3.45. The zero-order valence-corrected chi connectivity index (χ0v) is 7.41. The van der Waals surface area contributed by atoms with Gasteiger partial charge in [0, 0.05) is 28.7 Å². The SMILES string of the molecule is C/C(=C/C(=O)I)OC(N)=O. The maximum atomic E-state index is 10.3. The number of nitrogens with two attached hydrogens (primary N) is 1. The van der Waals surface area contributed by atoms with Crippen molar-refractivity contribution in [2.45, 2.75) is 6.92 Å². The fraction of sp³-hybridized carbons (Fsp3) is 0.200. The van der Waals surface area contributed by atoms with E-state index in [4.69, 9.17) is 0 Å². The molecule has 0 saturated heterocycles. The molecular formula is C5H6INO3. The third kappa shape index (κ3) is 5.54. The Balaban J connectivity index is 3.95. The molecule has 0 atom stereocenters. The van der Waals surface area contributed by atoms with E-state index in [1.165, 1.54) is 13.0 Å². The number of carbonyl (C=O) groups is 2. The Morgan fingerprint density at radius 2 is 2.10 bits per heavy atom. The van der Waals surface area contributed by atoms with Gasteiger partial charge in [0.25, 0.3) is 0 Å². The zero-order chi connectivity index (χ0) is 8.15. The number of carbonyl (C=O) groups excluding carboxylic acids is 2. The lowest BCUT2D eigenvalue weighted by atomic mass is 10.5. The van der Waals surface area contributed by atoms with Gasteiger partial charge >= 0.3 is 6.09 Å². The van der Waals surface area contributed by atoms with E-state index in [9.17, 15) is 9.59 Å². The molecule has 0 radical (unpaired) electrons. The Hall–Kier alpha value is -0.590. The van der Waals surface area contributed by atoms with Crippen molar-refractivity contribution in [3.63, 3.8) is 0 Å². The van der Waals surface area contributed by atoms with Crippen LogP contribution in [0.4, 0.5) is 4.79 Å². The minimum atomic E-state index is -0.911. The van der Waals surface area contributed by atoms with Gasteiger partial charge in [0.1, 0.15) is 5.76 Å². The fourth-order valence-electron chi connectivity index (χ4n) is 0.348. The lowest BCUT2D eigenvalue weighted by Gasteiger charge is -1.96. The number of ether oxygens (including phenoxy) is 1. The van der Waals surface area contributed by atoms with Crippen LogP contribution < -0.4 is 5.73 Å². The summed E-state index contributed by atoms with van der Waals surface area (Å²) < 4.78 is 4.12. The zero-order valence-electron chi connectivity index (χ0n) is 5.26. The summed E-state index contributed by atoms with van der Waals surface area (Å²) in [6, 6.07) is 0. The van der Waals surface area contributed by atoms with Gasteiger partial charge in [-0.3, -0.25) is 4.79 Å². The van der Waals surface area contributed by atoms with Crippen LogP contribution in [0.25, 0.3) is 0 Å². The van der Waals surface area contributed by atoms with Crippen molar-refractivity contribution in [3.8, 4) is 0 Å². The number of amides is 1. The lowest BCUT2D eigenvalue weighted by molar-refractivity contribution is -0.105. The van der Waals surface area contributed by atoms with Crippen LogP contribution in [0.1, 0.15) is 6.92 Å². The molecule has 5 heteroatoms. The molecule has 4 nitrogen and oxygen atoms in total. The van der Waals surface area contributed by atoms with E-state index in [0.717, 1.165) is 0 Å². The largest absolute Gasteiger partial charge is 0.415 e. The molecule has 2 N–H and O–H groups in total. The van der Waals surface area contributed by atoms with Gasteiger partial charge in [-0.15, -0.1) is 0 Å². The van der Waals surface area contributed by atoms with E-state index in [1.807, 2.05) is 0 Å². The fourth-order valence-corrected chi connectivity index (χ4v) is 0.786. The third-order valence-corrected chi connectivity index (χ3v) is 0.890. The van der Waals surface area contributed by atoms with Gasteiger partial charge in [-0.05, 0) is 6.92 Å². The topological polar surface area (TPSA) is 69.4 Å². The first-order valence-electron chi connectivity index (χ1n) is 2.37. The van der Waals surface area contributed by atoms with E-state index in [0.29, 0.717) is 0 Å². The standard InChI is InChI=1S/C5H6INO3/c1-3(2-4(6)8)10-5(7)9/h2H,1H3,(H2,7,9)/b3-2-. The molecule has 0 fully saturated rings. The summed E-state index contributed by atoms with van der Waals surface area (Å²) in [4.78, 5) is 20.4. The first-order chi connectivity index (χ1) is 4.52. The van der Waals surface area contributed by atoms with Crippen LogP contribution in [0, 0.1) is 0 Å². The molecule has 1 amide bonds. The highest BCUT2D eigenvalue weighted by atomic mass is 127. The summed E-state index contributed by atoms with van der Waals surface area (Å²) in [5, 5.41) is 0. The van der Waals surface area contributed by atoms with Crippen molar-refractivity contribution in [1.29, 1.82) is 0 Å². The van der Waals surface area contributed by atoms with Crippen LogP contribution in [-0.2, 0) is 9.53 Å². The van der Waals surface area contributed by atoms with Gasteiger partial charge in [0.05, 0.1) is 0 Å². The Kier molecular flexibility index (Phi) is 4.01. The molecule has 0 aliphatic heterocycles. The number of hydrogen-bond donors (Lipinski definition) is 1. The maximum Gasteiger partial charge on any atom is 0.409 e. The minimum Gasteiger partial charge on any atom is -0.415 e. The second-order valence-corrected chi connectivity index (χ2v) is 2.54. The van der Waals surface area contributed by atoms with Crippen molar-refractivity contribution >= 4 is 32.5 Å². The van der Waals surface area contributed by atoms with Crippen LogP contribution in [0.5, 0.6) is 0 Å². The van der Waals surface area contributed by atoms with Crippen LogP contribution in [0.15, 0.2) is 11.8 Å². The highest BCUT2D eigenvalue weighted by Gasteiger charge is 1.96. The molecule has 10 heavy (non-hydrogen) atoms. The molecule has 0 unspecified atom stereocenters. The minimum absolute atomic E-state index is 0.201. The molecule has 0 aromatic heterocycles. The highest BCUT2D eigenvalue weighted by Crippen LogP contribution is 1.98. The van der Waals surface area contributed by atoms with Gasteiger partial charge < -0.3 is 10.5 Å². The van der Waals surface area contributed by atoms with Crippen LogP contribution in [0.3, 0.4) is 0 Å². The van der Waals surface area contributed by atoms with E-state index in [1.54, 1.807) is 22.6 Å². The molecule has 0 spiro atoms. The number of hydrogen-bond acceptors (Lipinski definition) is 3. The van der Waals surface area contributed by atoms with Crippen molar-refractivity contribution in [3.05, 3.63) is 11.8 Å². The second kappa shape index (κ2) is 4.26. The maximum absolute atomic E-state index is 10.3. The molecule has 0 aromatic rings. The summed E-state index contributed by atoms with van der Waals surface area (Å²) >= 11 is 1.56. The second-order valence-electron chi connectivity index (χ2n) is 1.48. The molecule has 0 aromatic carbocycles. The molecule has 0 saturated carbocycles. The summed E-state index contributed by atoms with van der Waals surface area (Å²) in [7, 11) is 0. The monoisotopic (exact) mass is 255 g/mol. The lowest BCUT2D eigenvalue weighted by Crippen LogP contribution is -2.11. The molecule has 56 valence electrons. The molecular weight excluding hydrogens is 249 g/mol. The van der Waals surface area contributed by atoms with Gasteiger partial charge in [-0.2, -0.15) is 0 Å². The number of primary amides is 1. The Labute approximate surface area is 71.5 Å². The average molecular weight is 255 g/mol. The van der Waals surface area contributed by atoms with Crippen LogP contribution in [-0.4, -0.2) is 9.88 Å². The highest BCUT2D eigenvalue weighted by molar-refractivity contribution is 14.1. The molecule has 0 bridgehead atoms. The van der Waals surface area contributed by atoms with Crippen molar-refractivity contribution < 1.29 is 14.3 Å². The van der Waals surface area contributed by atoms with E-state index < -0.39 is 6.09 Å². The van der Waals surface area contributed by atoms with Gasteiger partial charge in [0.15, 0.2) is 0 Å². The van der Waals surface area contributed by atoms with Crippen LogP contribution in [0.2, 0.25) is 0 Å². The first kappa shape index (κ1) is 9.41. The van der Waals surface area contributed by atoms with Crippen LogP contribution >= 0.6 is 22.6 Å². The smallest absolute Gasteiger partial charge is 0.409 e. The Morgan fingerprint density at radius 1 is 1.60 bits per heavy atom. The summed E-state index contributed by atoms with van der Waals surface area (Å²) in [5.74, 6) is 0.201. The predicted molar refractivity (Wildman–Crippen MR) is 43.5 cm³/mol. The molecule has 0 heterocycles. The molecule has 0 aliphatic carbocycles. The average Bonchev–Trinajstić information content (AvgIpc) is 1.58. The van der Waals surface area contributed by atoms with Gasteiger partial charge in [0.2, 0.25) is 3.79 Å². The van der Waals surface area contributed by atoms with E-state index in [-0.39, 0.29) is 9.55 Å². The Morgan fingerprint density at radius 3 is 2.40 bits per heavy atom.